The molecule has 1 fully saturated rings. The summed E-state index contributed by atoms with van der Waals surface area (Å²) >= 11 is 0. The maximum Gasteiger partial charge on any atom is 0.0608 e. The summed E-state index contributed by atoms with van der Waals surface area (Å²) in [6.07, 6.45) is 4.47. The lowest BCUT2D eigenvalue weighted by Gasteiger charge is -2.29. The highest BCUT2D eigenvalue weighted by Gasteiger charge is 2.35. The summed E-state index contributed by atoms with van der Waals surface area (Å²) < 4.78 is 6.11. The van der Waals surface area contributed by atoms with Crippen LogP contribution >= 0.6 is 0 Å². The smallest absolute Gasteiger partial charge is 0.0608 e. The predicted octanol–water partition coefficient (Wildman–Crippen LogP) is 4.26. The van der Waals surface area contributed by atoms with E-state index in [1.54, 1.807) is 0 Å². The van der Waals surface area contributed by atoms with Crippen LogP contribution < -0.4 is 0 Å². The lowest BCUT2D eigenvalue weighted by molar-refractivity contribution is -0.0227. The summed E-state index contributed by atoms with van der Waals surface area (Å²) in [6, 6.07) is 0. The minimum absolute atomic E-state index is 0.297. The van der Waals surface area contributed by atoms with Crippen molar-refractivity contribution < 1.29 is 4.74 Å². The van der Waals surface area contributed by atoms with Crippen LogP contribution in [0.5, 0.6) is 0 Å². The molecular formula is C14H28O. The highest BCUT2D eigenvalue weighted by molar-refractivity contribution is 4.85. The molecule has 1 aliphatic carbocycles. The SMILES string of the molecule is CC(C)(C)CO[C@@H](CC(C)(C)C)C1CC1. The molecular weight excluding hydrogens is 184 g/mol. The van der Waals surface area contributed by atoms with E-state index in [1.807, 2.05) is 0 Å². The molecule has 1 rings (SSSR count). The third-order valence-corrected chi connectivity index (χ3v) is 2.69. The number of hydrogen-bond acceptors (Lipinski definition) is 1. The number of ether oxygens (including phenoxy) is 1. The van der Waals surface area contributed by atoms with Crippen molar-refractivity contribution >= 4 is 0 Å². The quantitative estimate of drug-likeness (QED) is 0.676. The Morgan fingerprint density at radius 2 is 1.53 bits per heavy atom. The third kappa shape index (κ3) is 6.19. The van der Waals surface area contributed by atoms with E-state index < -0.39 is 0 Å². The van der Waals surface area contributed by atoms with Crippen LogP contribution in [0.1, 0.15) is 60.8 Å². The van der Waals surface area contributed by atoms with Crippen molar-refractivity contribution in [3.63, 3.8) is 0 Å². The molecule has 15 heavy (non-hydrogen) atoms. The van der Waals surface area contributed by atoms with E-state index in [-0.39, 0.29) is 0 Å². The molecule has 0 saturated heterocycles. The van der Waals surface area contributed by atoms with Gasteiger partial charge in [-0.3, -0.25) is 0 Å². The molecule has 1 atom stereocenters. The van der Waals surface area contributed by atoms with E-state index in [2.05, 4.69) is 41.5 Å². The lowest BCUT2D eigenvalue weighted by atomic mass is 9.87. The summed E-state index contributed by atoms with van der Waals surface area (Å²) in [5.41, 5.74) is 0.691. The number of rotatable bonds is 4. The van der Waals surface area contributed by atoms with E-state index in [0.717, 1.165) is 12.5 Å². The van der Waals surface area contributed by atoms with Gasteiger partial charge in [-0.15, -0.1) is 0 Å². The summed E-state index contributed by atoms with van der Waals surface area (Å²) in [5.74, 6) is 0.853. The highest BCUT2D eigenvalue weighted by atomic mass is 16.5. The second-order valence-corrected chi connectivity index (χ2v) is 7.51. The van der Waals surface area contributed by atoms with Crippen LogP contribution in [0.2, 0.25) is 0 Å². The van der Waals surface area contributed by atoms with Crippen LogP contribution in [-0.4, -0.2) is 12.7 Å². The molecule has 0 aliphatic heterocycles. The Hall–Kier alpha value is -0.0400. The highest BCUT2D eigenvalue weighted by Crippen LogP contribution is 2.40. The van der Waals surface area contributed by atoms with Crippen LogP contribution in [0.25, 0.3) is 0 Å². The number of hydrogen-bond donors (Lipinski definition) is 0. The van der Waals surface area contributed by atoms with Gasteiger partial charge in [0.25, 0.3) is 0 Å². The molecule has 0 radical (unpaired) electrons. The van der Waals surface area contributed by atoms with Crippen LogP contribution in [0.3, 0.4) is 0 Å². The van der Waals surface area contributed by atoms with E-state index in [4.69, 9.17) is 4.74 Å². The first kappa shape index (κ1) is 13.0. The molecule has 0 aromatic carbocycles. The van der Waals surface area contributed by atoms with Crippen molar-refractivity contribution in [2.24, 2.45) is 16.7 Å². The summed E-state index contributed by atoms with van der Waals surface area (Å²) in [4.78, 5) is 0. The Morgan fingerprint density at radius 3 is 1.87 bits per heavy atom. The van der Waals surface area contributed by atoms with Gasteiger partial charge < -0.3 is 4.74 Å². The Labute approximate surface area is 95.6 Å². The molecule has 1 heteroatoms. The van der Waals surface area contributed by atoms with Crippen molar-refractivity contribution in [3.05, 3.63) is 0 Å². The molecule has 0 aromatic rings. The van der Waals surface area contributed by atoms with Gasteiger partial charge in [0.1, 0.15) is 0 Å². The van der Waals surface area contributed by atoms with Gasteiger partial charge in [-0.25, -0.2) is 0 Å². The van der Waals surface area contributed by atoms with E-state index >= 15 is 0 Å². The standard InChI is InChI=1S/C14H28O/c1-13(2,3)9-12(11-7-8-11)15-10-14(4,5)6/h11-12H,7-10H2,1-6H3/t12-/m0/s1. The molecule has 0 N–H and O–H groups in total. The average Bonchev–Trinajstić information content (AvgIpc) is 2.75. The molecule has 0 amide bonds. The first-order valence-corrected chi connectivity index (χ1v) is 6.29. The molecule has 0 spiro atoms. The second kappa shape index (κ2) is 4.45. The molecule has 90 valence electrons. The Balaban J connectivity index is 2.38. The van der Waals surface area contributed by atoms with E-state index in [1.165, 1.54) is 19.3 Å². The Morgan fingerprint density at radius 1 is 1.00 bits per heavy atom. The monoisotopic (exact) mass is 212 g/mol. The van der Waals surface area contributed by atoms with Gasteiger partial charge in [0, 0.05) is 0 Å². The minimum Gasteiger partial charge on any atom is -0.377 e. The van der Waals surface area contributed by atoms with Gasteiger partial charge in [-0.1, -0.05) is 41.5 Å². The zero-order valence-corrected chi connectivity index (χ0v) is 11.4. The summed E-state index contributed by atoms with van der Waals surface area (Å²) in [6.45, 7) is 14.6. The average molecular weight is 212 g/mol. The van der Waals surface area contributed by atoms with Crippen molar-refractivity contribution in [1.29, 1.82) is 0 Å². The van der Waals surface area contributed by atoms with Crippen LogP contribution in [0.4, 0.5) is 0 Å². The molecule has 0 bridgehead atoms. The summed E-state index contributed by atoms with van der Waals surface area (Å²) in [5, 5.41) is 0. The van der Waals surface area contributed by atoms with E-state index in [0.29, 0.717) is 16.9 Å². The van der Waals surface area contributed by atoms with Gasteiger partial charge in [-0.05, 0) is 36.0 Å². The van der Waals surface area contributed by atoms with Crippen molar-refractivity contribution in [3.8, 4) is 0 Å². The second-order valence-electron chi connectivity index (χ2n) is 7.51. The zero-order chi connectivity index (χ0) is 11.7. The van der Waals surface area contributed by atoms with Gasteiger partial charge >= 0.3 is 0 Å². The normalized spacial score (nSPS) is 20.4. The predicted molar refractivity (Wildman–Crippen MR) is 66.0 cm³/mol. The van der Waals surface area contributed by atoms with Crippen molar-refractivity contribution in [2.75, 3.05) is 6.61 Å². The maximum atomic E-state index is 6.11. The van der Waals surface area contributed by atoms with Crippen LogP contribution in [-0.2, 0) is 4.74 Å². The van der Waals surface area contributed by atoms with Crippen molar-refractivity contribution in [1.82, 2.24) is 0 Å². The molecule has 1 aliphatic rings. The fraction of sp³-hybridized carbons (Fsp3) is 1.00. The van der Waals surface area contributed by atoms with Crippen LogP contribution in [0, 0.1) is 16.7 Å². The Bertz CT molecular complexity index is 190. The lowest BCUT2D eigenvalue weighted by Crippen LogP contribution is -2.27. The van der Waals surface area contributed by atoms with Gasteiger partial charge in [0.15, 0.2) is 0 Å². The van der Waals surface area contributed by atoms with Gasteiger partial charge in [0.05, 0.1) is 12.7 Å². The first-order chi connectivity index (χ1) is 6.67. The maximum absolute atomic E-state index is 6.11. The van der Waals surface area contributed by atoms with Crippen LogP contribution in [0.15, 0.2) is 0 Å². The van der Waals surface area contributed by atoms with Gasteiger partial charge in [0.2, 0.25) is 0 Å². The topological polar surface area (TPSA) is 9.23 Å². The van der Waals surface area contributed by atoms with Gasteiger partial charge in [-0.2, -0.15) is 0 Å². The Kier molecular flexibility index (Phi) is 3.86. The van der Waals surface area contributed by atoms with Crippen molar-refractivity contribution in [2.45, 2.75) is 66.9 Å². The molecule has 0 heterocycles. The largest absolute Gasteiger partial charge is 0.377 e. The summed E-state index contributed by atoms with van der Waals surface area (Å²) in [7, 11) is 0. The molecule has 1 saturated carbocycles. The third-order valence-electron chi connectivity index (χ3n) is 2.69. The fourth-order valence-corrected chi connectivity index (χ4v) is 1.79. The minimum atomic E-state index is 0.297. The molecule has 0 aromatic heterocycles. The fourth-order valence-electron chi connectivity index (χ4n) is 1.79. The molecule has 0 unspecified atom stereocenters. The first-order valence-electron chi connectivity index (χ1n) is 6.29. The van der Waals surface area contributed by atoms with E-state index in [9.17, 15) is 0 Å². The molecule has 1 nitrogen and oxygen atoms in total. The zero-order valence-electron chi connectivity index (χ0n) is 11.4.